The van der Waals surface area contributed by atoms with Gasteiger partial charge in [0.05, 0.1) is 10.0 Å². The van der Waals surface area contributed by atoms with Crippen molar-refractivity contribution in [2.45, 2.75) is 12.5 Å². The molecular formula is C12H12BrNO3. The number of hydrogen-bond acceptors (Lipinski definition) is 3. The molecular weight excluding hydrogens is 286 g/mol. The Bertz CT molecular complexity index is 461. The zero-order valence-electron chi connectivity index (χ0n) is 9.35. The molecule has 90 valence electrons. The van der Waals surface area contributed by atoms with E-state index in [1.54, 1.807) is 30.1 Å². The van der Waals surface area contributed by atoms with E-state index in [9.17, 15) is 9.59 Å². The van der Waals surface area contributed by atoms with Gasteiger partial charge in [-0.2, -0.15) is 0 Å². The average Bonchev–Trinajstić information content (AvgIpc) is 2.63. The first-order valence-electron chi connectivity index (χ1n) is 5.29. The van der Waals surface area contributed by atoms with E-state index in [4.69, 9.17) is 4.74 Å². The Morgan fingerprint density at radius 3 is 2.88 bits per heavy atom. The molecule has 1 unspecified atom stereocenters. The lowest BCUT2D eigenvalue weighted by Crippen LogP contribution is -2.29. The van der Waals surface area contributed by atoms with Crippen molar-refractivity contribution in [1.29, 1.82) is 0 Å². The summed E-state index contributed by atoms with van der Waals surface area (Å²) in [5.74, 6) is 0.397. The molecule has 1 amide bonds. The number of rotatable bonds is 3. The minimum atomic E-state index is -0.489. The van der Waals surface area contributed by atoms with Crippen molar-refractivity contribution in [2.75, 3.05) is 13.6 Å². The third-order valence-corrected chi connectivity index (χ3v) is 3.39. The number of carbonyl (C=O) groups excluding carboxylic acids is 2. The van der Waals surface area contributed by atoms with Gasteiger partial charge in [0.2, 0.25) is 0 Å². The standard InChI is InChI=1S/C12H12BrNO3/c1-14-6-5-10(12(14)16)17-11-8(7-15)3-2-4-9(11)13/h2-4,7,10H,5-6H2,1H3. The number of halogens is 1. The summed E-state index contributed by atoms with van der Waals surface area (Å²) in [5.41, 5.74) is 0.446. The van der Waals surface area contributed by atoms with Crippen molar-refractivity contribution < 1.29 is 14.3 Å². The second-order valence-corrected chi connectivity index (χ2v) is 4.79. The summed E-state index contributed by atoms with van der Waals surface area (Å²) < 4.78 is 6.33. The topological polar surface area (TPSA) is 46.6 Å². The highest BCUT2D eigenvalue weighted by molar-refractivity contribution is 9.10. The van der Waals surface area contributed by atoms with Crippen molar-refractivity contribution >= 4 is 28.1 Å². The number of benzene rings is 1. The van der Waals surface area contributed by atoms with Crippen molar-refractivity contribution in [2.24, 2.45) is 0 Å². The van der Waals surface area contributed by atoms with Crippen LogP contribution >= 0.6 is 15.9 Å². The van der Waals surface area contributed by atoms with Gasteiger partial charge in [-0.05, 0) is 28.1 Å². The van der Waals surface area contributed by atoms with E-state index in [-0.39, 0.29) is 5.91 Å². The van der Waals surface area contributed by atoms with Gasteiger partial charge in [0.25, 0.3) is 5.91 Å². The van der Waals surface area contributed by atoms with Crippen LogP contribution < -0.4 is 4.74 Å². The summed E-state index contributed by atoms with van der Waals surface area (Å²) in [6, 6.07) is 5.20. The number of likely N-dealkylation sites (tertiary alicyclic amines) is 1. The van der Waals surface area contributed by atoms with Crippen LogP contribution in [-0.4, -0.2) is 36.8 Å². The van der Waals surface area contributed by atoms with Crippen molar-refractivity contribution in [1.82, 2.24) is 4.90 Å². The van der Waals surface area contributed by atoms with Crippen LogP contribution in [0.3, 0.4) is 0 Å². The van der Waals surface area contributed by atoms with Gasteiger partial charge in [-0.15, -0.1) is 0 Å². The van der Waals surface area contributed by atoms with Gasteiger partial charge in [-0.25, -0.2) is 0 Å². The van der Waals surface area contributed by atoms with Gasteiger partial charge in [0.1, 0.15) is 5.75 Å². The second kappa shape index (κ2) is 4.87. The number of carbonyl (C=O) groups is 2. The number of nitrogens with zero attached hydrogens (tertiary/aromatic N) is 1. The van der Waals surface area contributed by atoms with Crippen LogP contribution in [0.2, 0.25) is 0 Å². The maximum Gasteiger partial charge on any atom is 0.263 e. The van der Waals surface area contributed by atoms with Crippen molar-refractivity contribution in [3.63, 3.8) is 0 Å². The predicted molar refractivity (Wildman–Crippen MR) is 66.2 cm³/mol. The number of amides is 1. The third-order valence-electron chi connectivity index (χ3n) is 2.76. The number of ether oxygens (including phenoxy) is 1. The Morgan fingerprint density at radius 2 is 2.29 bits per heavy atom. The minimum absolute atomic E-state index is 0.0439. The number of likely N-dealkylation sites (N-methyl/N-ethyl adjacent to an activating group) is 1. The van der Waals surface area contributed by atoms with Crippen LogP contribution in [0.4, 0.5) is 0 Å². The van der Waals surface area contributed by atoms with Crippen LogP contribution in [-0.2, 0) is 4.79 Å². The summed E-state index contributed by atoms with van der Waals surface area (Å²) in [6.07, 6.45) is 0.885. The van der Waals surface area contributed by atoms with Crippen LogP contribution in [0.1, 0.15) is 16.8 Å². The smallest absolute Gasteiger partial charge is 0.263 e. The fourth-order valence-corrected chi connectivity index (χ4v) is 2.26. The minimum Gasteiger partial charge on any atom is -0.479 e. The molecule has 1 fully saturated rings. The zero-order valence-corrected chi connectivity index (χ0v) is 10.9. The normalized spacial score (nSPS) is 19.5. The Kier molecular flexibility index (Phi) is 3.47. The van der Waals surface area contributed by atoms with Gasteiger partial charge >= 0.3 is 0 Å². The van der Waals surface area contributed by atoms with E-state index < -0.39 is 6.10 Å². The van der Waals surface area contributed by atoms with Crippen molar-refractivity contribution in [3.8, 4) is 5.75 Å². The lowest BCUT2D eigenvalue weighted by atomic mass is 10.2. The highest BCUT2D eigenvalue weighted by Gasteiger charge is 2.31. The van der Waals surface area contributed by atoms with Gasteiger partial charge in [-0.1, -0.05) is 6.07 Å². The molecule has 2 rings (SSSR count). The van der Waals surface area contributed by atoms with E-state index in [0.717, 1.165) is 6.29 Å². The van der Waals surface area contributed by atoms with Crippen LogP contribution in [0.15, 0.2) is 22.7 Å². The molecule has 0 spiro atoms. The lowest BCUT2D eigenvalue weighted by Gasteiger charge is -2.15. The molecule has 4 nitrogen and oxygen atoms in total. The first-order chi connectivity index (χ1) is 8.13. The van der Waals surface area contributed by atoms with Crippen LogP contribution in [0.5, 0.6) is 5.75 Å². The largest absolute Gasteiger partial charge is 0.479 e. The first-order valence-corrected chi connectivity index (χ1v) is 6.08. The third kappa shape index (κ3) is 2.34. The number of para-hydroxylation sites is 1. The quantitative estimate of drug-likeness (QED) is 0.800. The van der Waals surface area contributed by atoms with Gasteiger partial charge in [-0.3, -0.25) is 9.59 Å². The Morgan fingerprint density at radius 1 is 1.53 bits per heavy atom. The second-order valence-electron chi connectivity index (χ2n) is 3.93. The molecule has 5 heteroatoms. The molecule has 0 N–H and O–H groups in total. The molecule has 1 saturated heterocycles. The van der Waals surface area contributed by atoms with E-state index in [1.165, 1.54) is 0 Å². The van der Waals surface area contributed by atoms with E-state index in [2.05, 4.69) is 15.9 Å². The van der Waals surface area contributed by atoms with Crippen LogP contribution in [0.25, 0.3) is 0 Å². The fraction of sp³-hybridized carbons (Fsp3) is 0.333. The molecule has 0 bridgehead atoms. The average molecular weight is 298 g/mol. The SMILES string of the molecule is CN1CCC(Oc2c(Br)cccc2C=O)C1=O. The summed E-state index contributed by atoms with van der Waals surface area (Å²) in [4.78, 5) is 24.2. The van der Waals surface area contributed by atoms with E-state index in [1.807, 2.05) is 0 Å². The fourth-order valence-electron chi connectivity index (χ4n) is 1.78. The monoisotopic (exact) mass is 297 g/mol. The highest BCUT2D eigenvalue weighted by atomic mass is 79.9. The van der Waals surface area contributed by atoms with Gasteiger partial charge < -0.3 is 9.64 Å². The molecule has 0 radical (unpaired) electrons. The molecule has 0 aromatic heterocycles. The molecule has 1 aliphatic heterocycles. The Labute approximate surface area is 108 Å². The van der Waals surface area contributed by atoms with E-state index >= 15 is 0 Å². The summed E-state index contributed by atoms with van der Waals surface area (Å²) in [6.45, 7) is 0.685. The van der Waals surface area contributed by atoms with Gasteiger partial charge in [0.15, 0.2) is 12.4 Å². The molecule has 17 heavy (non-hydrogen) atoms. The maximum atomic E-state index is 11.7. The molecule has 1 aromatic rings. The molecule has 0 aliphatic carbocycles. The first kappa shape index (κ1) is 12.1. The van der Waals surface area contributed by atoms with Gasteiger partial charge in [0, 0.05) is 20.0 Å². The number of hydrogen-bond donors (Lipinski definition) is 0. The predicted octanol–water partition coefficient (Wildman–Crippen LogP) is 1.87. The highest BCUT2D eigenvalue weighted by Crippen LogP contribution is 2.30. The van der Waals surface area contributed by atoms with Crippen LogP contribution in [0, 0.1) is 0 Å². The van der Waals surface area contributed by atoms with Crippen molar-refractivity contribution in [3.05, 3.63) is 28.2 Å². The molecule has 1 heterocycles. The Hall–Kier alpha value is -1.36. The molecule has 1 atom stereocenters. The molecule has 1 aliphatic rings. The summed E-state index contributed by atoms with van der Waals surface area (Å²) in [5, 5.41) is 0. The van der Waals surface area contributed by atoms with E-state index in [0.29, 0.717) is 28.8 Å². The number of aldehydes is 1. The summed E-state index contributed by atoms with van der Waals surface area (Å²) in [7, 11) is 1.74. The lowest BCUT2D eigenvalue weighted by molar-refractivity contribution is -0.132. The maximum absolute atomic E-state index is 11.7. The summed E-state index contributed by atoms with van der Waals surface area (Å²) >= 11 is 3.32. The molecule has 1 aromatic carbocycles. The molecule has 0 saturated carbocycles. The Balaban J connectivity index is 2.24. The zero-order chi connectivity index (χ0) is 12.4.